The van der Waals surface area contributed by atoms with Crippen molar-refractivity contribution in [2.45, 2.75) is 18.9 Å². The molecule has 0 saturated carbocycles. The van der Waals surface area contributed by atoms with Gasteiger partial charge in [0.25, 0.3) is 0 Å². The summed E-state index contributed by atoms with van der Waals surface area (Å²) in [5.41, 5.74) is 0.237. The molecule has 0 amide bonds. The number of benzene rings is 2. The molecule has 0 bridgehead atoms. The molecule has 22 heavy (non-hydrogen) atoms. The first kappa shape index (κ1) is 14.8. The summed E-state index contributed by atoms with van der Waals surface area (Å²) in [6.07, 6.45) is 1.26. The van der Waals surface area contributed by atoms with Gasteiger partial charge in [-0.25, -0.2) is 22.0 Å². The van der Waals surface area contributed by atoms with E-state index in [9.17, 15) is 22.0 Å². The lowest BCUT2D eigenvalue weighted by molar-refractivity contribution is 0.380. The van der Waals surface area contributed by atoms with Gasteiger partial charge in [0.05, 0.1) is 0 Å². The Kier molecular flexibility index (Phi) is 3.76. The second-order valence-corrected chi connectivity index (χ2v) is 5.25. The molecule has 0 N–H and O–H groups in total. The summed E-state index contributed by atoms with van der Waals surface area (Å²) in [5, 5.41) is 0. The van der Waals surface area contributed by atoms with E-state index in [1.54, 1.807) is 0 Å². The molecule has 0 radical (unpaired) electrons. The molecular formula is C16H12F5N. The minimum absolute atomic E-state index is 0.214. The second kappa shape index (κ2) is 5.59. The van der Waals surface area contributed by atoms with Crippen molar-refractivity contribution < 1.29 is 22.0 Å². The maximum Gasteiger partial charge on any atom is 0.200 e. The molecule has 1 aliphatic rings. The van der Waals surface area contributed by atoms with Crippen molar-refractivity contribution in [3.05, 3.63) is 65.0 Å². The van der Waals surface area contributed by atoms with E-state index in [1.807, 2.05) is 30.3 Å². The maximum absolute atomic E-state index is 13.7. The van der Waals surface area contributed by atoms with Gasteiger partial charge in [-0.05, 0) is 18.4 Å². The van der Waals surface area contributed by atoms with Crippen molar-refractivity contribution in [3.8, 4) is 0 Å². The average Bonchev–Trinajstić information content (AvgIpc) is 3.29. The fraction of sp³-hybridized carbons (Fsp3) is 0.250. The molecule has 1 nitrogen and oxygen atoms in total. The van der Waals surface area contributed by atoms with Gasteiger partial charge in [0, 0.05) is 12.6 Å². The predicted octanol–water partition coefficient (Wildman–Crippen LogP) is 4.20. The van der Waals surface area contributed by atoms with E-state index in [2.05, 4.69) is 0 Å². The third kappa shape index (κ3) is 2.53. The minimum atomic E-state index is -2.12. The third-order valence-corrected chi connectivity index (χ3v) is 3.80. The van der Waals surface area contributed by atoms with Gasteiger partial charge in [0.2, 0.25) is 5.82 Å². The third-order valence-electron chi connectivity index (χ3n) is 3.80. The Hall–Kier alpha value is -2.11. The van der Waals surface area contributed by atoms with Crippen molar-refractivity contribution in [3.63, 3.8) is 0 Å². The standard InChI is InChI=1S/C16H12F5N/c17-11-12(18)14(20)16(15(21)13(11)19)22-8-10(22)7-6-9-4-2-1-3-5-9/h1-5,10H,6-8H2/t10-,22?/m0/s1. The first-order chi connectivity index (χ1) is 10.5. The van der Waals surface area contributed by atoms with E-state index in [4.69, 9.17) is 0 Å². The Morgan fingerprint density at radius 1 is 0.818 bits per heavy atom. The monoisotopic (exact) mass is 313 g/mol. The summed E-state index contributed by atoms with van der Waals surface area (Å²) >= 11 is 0. The summed E-state index contributed by atoms with van der Waals surface area (Å²) in [6.45, 7) is 0.283. The molecule has 116 valence electrons. The number of halogens is 5. The molecule has 0 aliphatic carbocycles. The van der Waals surface area contributed by atoms with Crippen LogP contribution < -0.4 is 4.90 Å². The zero-order chi connectivity index (χ0) is 15.9. The smallest absolute Gasteiger partial charge is 0.200 e. The molecule has 0 spiro atoms. The number of hydrogen-bond donors (Lipinski definition) is 0. The molecule has 2 aromatic carbocycles. The number of hydrogen-bond acceptors (Lipinski definition) is 1. The lowest BCUT2D eigenvalue weighted by Gasteiger charge is -2.10. The zero-order valence-electron chi connectivity index (χ0n) is 11.4. The largest absolute Gasteiger partial charge is 0.360 e. The molecule has 1 atom stereocenters. The van der Waals surface area contributed by atoms with Crippen molar-refractivity contribution in [1.29, 1.82) is 0 Å². The van der Waals surface area contributed by atoms with Gasteiger partial charge in [0.1, 0.15) is 5.69 Å². The molecule has 1 aliphatic heterocycles. The molecule has 6 heteroatoms. The summed E-state index contributed by atoms with van der Waals surface area (Å²) in [5.74, 6) is -9.45. The Morgan fingerprint density at radius 3 is 1.95 bits per heavy atom. The number of anilines is 1. The van der Waals surface area contributed by atoms with Crippen LogP contribution in [0.5, 0.6) is 0 Å². The zero-order valence-corrected chi connectivity index (χ0v) is 11.4. The van der Waals surface area contributed by atoms with Gasteiger partial charge in [-0.1, -0.05) is 30.3 Å². The van der Waals surface area contributed by atoms with Crippen molar-refractivity contribution in [2.24, 2.45) is 0 Å². The van der Waals surface area contributed by atoms with Crippen LogP contribution in [0.15, 0.2) is 30.3 Å². The highest BCUT2D eigenvalue weighted by Gasteiger charge is 2.40. The van der Waals surface area contributed by atoms with Gasteiger partial charge in [0.15, 0.2) is 23.3 Å². The lowest BCUT2D eigenvalue weighted by Crippen LogP contribution is -2.10. The molecule has 0 unspecified atom stereocenters. The molecular weight excluding hydrogens is 301 g/mol. The molecule has 0 aromatic heterocycles. The SMILES string of the molecule is Fc1c(F)c(F)c(N2C[C@@H]2CCc2ccccc2)c(F)c1F. The quantitative estimate of drug-likeness (QED) is 0.354. The van der Waals surface area contributed by atoms with Crippen molar-refractivity contribution in [2.75, 3.05) is 11.4 Å². The number of rotatable bonds is 4. The van der Waals surface area contributed by atoms with Crippen LogP contribution in [0.1, 0.15) is 12.0 Å². The number of nitrogens with zero attached hydrogens (tertiary/aromatic N) is 1. The van der Waals surface area contributed by atoms with Crippen molar-refractivity contribution in [1.82, 2.24) is 0 Å². The van der Waals surface area contributed by atoms with E-state index < -0.39 is 34.8 Å². The maximum atomic E-state index is 13.7. The minimum Gasteiger partial charge on any atom is -0.360 e. The summed E-state index contributed by atoms with van der Waals surface area (Å²) in [6, 6.07) is 9.26. The number of aryl methyl sites for hydroxylation is 1. The molecule has 1 heterocycles. The Labute approximate surface area is 124 Å². The van der Waals surface area contributed by atoms with Gasteiger partial charge < -0.3 is 4.90 Å². The molecule has 1 saturated heterocycles. The predicted molar refractivity (Wildman–Crippen MR) is 72.1 cm³/mol. The summed E-state index contributed by atoms with van der Waals surface area (Å²) < 4.78 is 66.7. The molecule has 3 rings (SSSR count). The van der Waals surface area contributed by atoms with E-state index in [0.717, 1.165) is 5.56 Å². The topological polar surface area (TPSA) is 3.01 Å². The van der Waals surface area contributed by atoms with Crippen LogP contribution >= 0.6 is 0 Å². The lowest BCUT2D eigenvalue weighted by atomic mass is 10.1. The van der Waals surface area contributed by atoms with E-state index in [0.29, 0.717) is 12.8 Å². The summed E-state index contributed by atoms with van der Waals surface area (Å²) in [4.78, 5) is 1.21. The highest BCUT2D eigenvalue weighted by atomic mass is 19.2. The first-order valence-corrected chi connectivity index (χ1v) is 6.82. The highest BCUT2D eigenvalue weighted by molar-refractivity contribution is 5.57. The first-order valence-electron chi connectivity index (χ1n) is 6.82. The molecule has 1 fully saturated rings. The Balaban J connectivity index is 1.75. The van der Waals surface area contributed by atoms with Crippen LogP contribution in [0.2, 0.25) is 0 Å². The second-order valence-electron chi connectivity index (χ2n) is 5.25. The Bertz CT molecular complexity index is 672. The highest BCUT2D eigenvalue weighted by Crippen LogP contribution is 2.37. The van der Waals surface area contributed by atoms with E-state index in [-0.39, 0.29) is 12.6 Å². The van der Waals surface area contributed by atoms with Crippen LogP contribution in [-0.2, 0) is 6.42 Å². The van der Waals surface area contributed by atoms with E-state index in [1.165, 1.54) is 4.90 Å². The average molecular weight is 313 g/mol. The summed E-state index contributed by atoms with van der Waals surface area (Å²) in [7, 11) is 0. The van der Waals surface area contributed by atoms with Crippen molar-refractivity contribution >= 4 is 5.69 Å². The fourth-order valence-electron chi connectivity index (χ4n) is 2.52. The van der Waals surface area contributed by atoms with Gasteiger partial charge >= 0.3 is 0 Å². The van der Waals surface area contributed by atoms with Crippen LogP contribution in [-0.4, -0.2) is 12.6 Å². The van der Waals surface area contributed by atoms with Gasteiger partial charge in [-0.15, -0.1) is 0 Å². The van der Waals surface area contributed by atoms with Crippen LogP contribution in [0.4, 0.5) is 27.6 Å². The van der Waals surface area contributed by atoms with Gasteiger partial charge in [-0.2, -0.15) is 0 Å². The molecule has 2 aromatic rings. The fourth-order valence-corrected chi connectivity index (χ4v) is 2.52. The van der Waals surface area contributed by atoms with Crippen LogP contribution in [0.3, 0.4) is 0 Å². The normalized spacial score (nSPS) is 17.0. The Morgan fingerprint density at radius 2 is 1.36 bits per heavy atom. The van der Waals surface area contributed by atoms with Crippen LogP contribution in [0, 0.1) is 29.1 Å². The van der Waals surface area contributed by atoms with E-state index >= 15 is 0 Å². The van der Waals surface area contributed by atoms with Gasteiger partial charge in [-0.3, -0.25) is 0 Å². The van der Waals surface area contributed by atoms with Crippen LogP contribution in [0.25, 0.3) is 0 Å².